The van der Waals surface area contributed by atoms with E-state index in [1.54, 1.807) is 13.2 Å². The number of imide groups is 1. The highest BCUT2D eigenvalue weighted by Crippen LogP contribution is 2.38. The number of piperazine rings is 1. The van der Waals surface area contributed by atoms with E-state index in [-0.39, 0.29) is 23.8 Å². The summed E-state index contributed by atoms with van der Waals surface area (Å²) in [6.07, 6.45) is 14.1. The van der Waals surface area contributed by atoms with Crippen molar-refractivity contribution in [3.63, 3.8) is 0 Å². The Morgan fingerprint density at radius 2 is 1.47 bits per heavy atom. The number of rotatable bonds is 17. The van der Waals surface area contributed by atoms with E-state index >= 15 is 0 Å². The molecule has 3 aromatic rings. The van der Waals surface area contributed by atoms with Crippen LogP contribution in [0.3, 0.4) is 0 Å². The van der Waals surface area contributed by atoms with Crippen LogP contribution in [-0.4, -0.2) is 119 Å². The monoisotopic (exact) mass is 783 g/mol. The zero-order valence-electron chi connectivity index (χ0n) is 32.0. The van der Waals surface area contributed by atoms with E-state index in [1.807, 2.05) is 65.3 Å². The quantitative estimate of drug-likeness (QED) is 0.0768. The van der Waals surface area contributed by atoms with E-state index in [0.717, 1.165) is 92.2 Å². The average Bonchev–Trinajstić information content (AvgIpc) is 3.64. The summed E-state index contributed by atoms with van der Waals surface area (Å²) in [6.45, 7) is 6.40. The molecule has 0 spiro atoms. The van der Waals surface area contributed by atoms with Gasteiger partial charge in [-0.2, -0.15) is 0 Å². The van der Waals surface area contributed by atoms with Crippen LogP contribution in [0, 0.1) is 0 Å². The number of carbonyl (C=O) groups excluding carboxylic acids is 3. The fourth-order valence-corrected chi connectivity index (χ4v) is 9.53. The van der Waals surface area contributed by atoms with Crippen molar-refractivity contribution in [1.82, 2.24) is 19.6 Å². The fraction of sp³-hybridized carbons (Fsp3) is 0.512. The third kappa shape index (κ3) is 9.18. The van der Waals surface area contributed by atoms with Crippen LogP contribution < -0.4 is 9.47 Å². The summed E-state index contributed by atoms with van der Waals surface area (Å²) in [4.78, 5) is 52.2. The van der Waals surface area contributed by atoms with E-state index < -0.39 is 0 Å². The van der Waals surface area contributed by atoms with Gasteiger partial charge >= 0.3 is 0 Å². The fourth-order valence-electron chi connectivity index (χ4n) is 8.21. The minimum absolute atomic E-state index is 0.0247. The summed E-state index contributed by atoms with van der Waals surface area (Å²) in [5.74, 6) is 1.96. The van der Waals surface area contributed by atoms with Crippen LogP contribution in [0.2, 0.25) is 0 Å². The van der Waals surface area contributed by atoms with Crippen LogP contribution in [0.5, 0.6) is 11.5 Å². The van der Waals surface area contributed by atoms with Crippen molar-refractivity contribution >= 4 is 68.7 Å². The molecule has 0 bridgehead atoms. The SMILES string of the molecule is COc1cc2c(cc1OCCCCCCCCCCSC(=S)N1CCN(CCCN3C(=O)c4cccc5cccc(c45)C3=O)CC1)N=C[C@@H]1CCCN1C2=O. The first kappa shape index (κ1) is 39.2. The Kier molecular flexibility index (Phi) is 13.4. The molecule has 3 amide bonds. The standard InChI is InChI=1S/C43H53N5O5S2/c1-52-37-28-35-36(44-30-32-16-12-20-47(32)42(35)51)29-38(37)53-26-8-6-4-2-3-5-7-9-27-55-43(54)46-24-22-45(23-25-46)19-13-21-48-40(49)33-17-10-14-31-15-11-18-34(39(31)33)41(48)50/h10-11,14-15,17-18,28-30,32H,2-9,12-13,16,19-27H2,1H3/t32-/m0/s1. The molecule has 12 heteroatoms. The highest BCUT2D eigenvalue weighted by molar-refractivity contribution is 8.22. The summed E-state index contributed by atoms with van der Waals surface area (Å²) in [5, 5.41) is 1.72. The van der Waals surface area contributed by atoms with Gasteiger partial charge in [0, 0.05) is 73.8 Å². The molecule has 2 saturated heterocycles. The minimum atomic E-state index is -0.184. The molecule has 0 unspecified atom stereocenters. The van der Waals surface area contributed by atoms with Crippen molar-refractivity contribution in [3.05, 3.63) is 65.2 Å². The molecule has 0 N–H and O–H groups in total. The van der Waals surface area contributed by atoms with E-state index in [2.05, 4.69) is 14.8 Å². The Hall–Kier alpha value is -4.00. The van der Waals surface area contributed by atoms with Crippen molar-refractivity contribution < 1.29 is 23.9 Å². The van der Waals surface area contributed by atoms with Gasteiger partial charge in [-0.15, -0.1) is 0 Å². The number of amides is 3. The Bertz CT molecular complexity index is 1860. The number of ether oxygens (including phenoxy) is 2. The third-order valence-corrected chi connectivity index (χ3v) is 12.9. The number of aliphatic imine (C=N–C) groups is 1. The highest BCUT2D eigenvalue weighted by atomic mass is 32.2. The minimum Gasteiger partial charge on any atom is -0.493 e. The lowest BCUT2D eigenvalue weighted by atomic mass is 9.94. The number of thioether (sulfide) groups is 1. The molecule has 10 nitrogen and oxygen atoms in total. The molecule has 4 aliphatic heterocycles. The molecule has 4 heterocycles. The van der Waals surface area contributed by atoms with Crippen molar-refractivity contribution in [2.75, 3.05) is 65.3 Å². The summed E-state index contributed by atoms with van der Waals surface area (Å²) < 4.78 is 12.7. The van der Waals surface area contributed by atoms with Crippen LogP contribution >= 0.6 is 24.0 Å². The molecular formula is C43H53N5O5S2. The van der Waals surface area contributed by atoms with Crippen LogP contribution in [0.4, 0.5) is 5.69 Å². The molecular weight excluding hydrogens is 731 g/mol. The summed E-state index contributed by atoms with van der Waals surface area (Å²) in [6, 6.07) is 15.1. The normalized spacial score (nSPS) is 18.2. The molecule has 3 aromatic carbocycles. The molecule has 0 aliphatic carbocycles. The van der Waals surface area contributed by atoms with Gasteiger partial charge in [-0.05, 0) is 62.2 Å². The van der Waals surface area contributed by atoms with Gasteiger partial charge < -0.3 is 19.3 Å². The zero-order chi connectivity index (χ0) is 38.1. The molecule has 0 saturated carbocycles. The summed E-state index contributed by atoms with van der Waals surface area (Å²) >= 11 is 7.60. The van der Waals surface area contributed by atoms with Crippen molar-refractivity contribution in [1.29, 1.82) is 0 Å². The first-order valence-corrected chi connectivity index (χ1v) is 21.5. The molecule has 0 aromatic heterocycles. The van der Waals surface area contributed by atoms with E-state index in [4.69, 9.17) is 21.7 Å². The van der Waals surface area contributed by atoms with Crippen molar-refractivity contribution in [2.45, 2.75) is 76.7 Å². The number of methoxy groups -OCH3 is 1. The maximum absolute atomic E-state index is 13.2. The zero-order valence-corrected chi connectivity index (χ0v) is 33.6. The lowest BCUT2D eigenvalue weighted by Gasteiger charge is -2.36. The Morgan fingerprint density at radius 3 is 2.18 bits per heavy atom. The third-order valence-electron chi connectivity index (χ3n) is 11.3. The predicted molar refractivity (Wildman–Crippen MR) is 225 cm³/mol. The maximum atomic E-state index is 13.2. The molecule has 7 rings (SSSR count). The van der Waals surface area contributed by atoms with E-state index in [1.165, 1.54) is 43.4 Å². The first-order valence-electron chi connectivity index (χ1n) is 20.1. The Balaban J connectivity index is 0.703. The molecule has 4 aliphatic rings. The number of hydrogen-bond donors (Lipinski definition) is 0. The van der Waals surface area contributed by atoms with Gasteiger partial charge in [-0.1, -0.05) is 86.8 Å². The number of nitrogens with zero attached hydrogens (tertiary/aromatic N) is 5. The number of fused-ring (bicyclic) bond motifs is 2. The second-order valence-electron chi connectivity index (χ2n) is 15.0. The predicted octanol–water partition coefficient (Wildman–Crippen LogP) is 7.99. The highest BCUT2D eigenvalue weighted by Gasteiger charge is 2.34. The van der Waals surface area contributed by atoms with Crippen LogP contribution in [0.15, 0.2) is 53.5 Å². The second-order valence-corrected chi connectivity index (χ2v) is 16.7. The largest absolute Gasteiger partial charge is 0.493 e. The van der Waals surface area contributed by atoms with Gasteiger partial charge in [0.25, 0.3) is 17.7 Å². The number of unbranched alkanes of at least 4 members (excludes halogenated alkanes) is 7. The van der Waals surface area contributed by atoms with Gasteiger partial charge in [-0.3, -0.25) is 29.2 Å². The topological polar surface area (TPSA) is 95.0 Å². The van der Waals surface area contributed by atoms with E-state index in [9.17, 15) is 14.4 Å². The van der Waals surface area contributed by atoms with Crippen LogP contribution in [0.25, 0.3) is 10.8 Å². The van der Waals surface area contributed by atoms with Gasteiger partial charge in [0.1, 0.15) is 4.32 Å². The Morgan fingerprint density at radius 1 is 0.782 bits per heavy atom. The molecule has 0 radical (unpaired) electrons. The van der Waals surface area contributed by atoms with Gasteiger partial charge in [0.15, 0.2) is 11.5 Å². The number of carbonyl (C=O) groups is 3. The van der Waals surface area contributed by atoms with Crippen LogP contribution in [0.1, 0.15) is 102 Å². The van der Waals surface area contributed by atoms with Crippen molar-refractivity contribution in [3.8, 4) is 11.5 Å². The number of benzene rings is 3. The lowest BCUT2D eigenvalue weighted by molar-refractivity contribution is 0.0600. The van der Waals surface area contributed by atoms with Crippen molar-refractivity contribution in [2.24, 2.45) is 4.99 Å². The number of thiocarbonyl (C=S) groups is 1. The van der Waals surface area contributed by atoms with Gasteiger partial charge in [0.2, 0.25) is 0 Å². The smallest absolute Gasteiger partial charge is 0.261 e. The number of hydrogen-bond acceptors (Lipinski definition) is 9. The van der Waals surface area contributed by atoms with E-state index in [0.29, 0.717) is 47.0 Å². The first-order chi connectivity index (χ1) is 26.9. The molecule has 1 atom stereocenters. The van der Waals surface area contributed by atoms with Gasteiger partial charge in [-0.25, -0.2) is 0 Å². The molecule has 292 valence electrons. The summed E-state index contributed by atoms with van der Waals surface area (Å²) in [5.41, 5.74) is 2.50. The Labute approximate surface area is 334 Å². The lowest BCUT2D eigenvalue weighted by Crippen LogP contribution is -2.48. The summed E-state index contributed by atoms with van der Waals surface area (Å²) in [7, 11) is 1.62. The van der Waals surface area contributed by atoms with Crippen LogP contribution in [-0.2, 0) is 0 Å². The molecule has 55 heavy (non-hydrogen) atoms. The average molecular weight is 784 g/mol. The molecule has 2 fully saturated rings. The maximum Gasteiger partial charge on any atom is 0.261 e. The van der Waals surface area contributed by atoms with Gasteiger partial charge in [0.05, 0.1) is 31.0 Å². The second kappa shape index (κ2) is 18.8.